The SMILES string of the molecule is c1ccc(-c2ccc(N(c3ccccc3)c3ccc(-c4ccc5c(c4)C4(c6ccccc6-c6ccccc64)c4c-5sc5ccccc45)cc3)cc2)cc1. The highest BCUT2D eigenvalue weighted by atomic mass is 32.1. The van der Waals surface area contributed by atoms with Crippen molar-refractivity contribution in [3.05, 3.63) is 222 Å². The largest absolute Gasteiger partial charge is 0.311 e. The van der Waals surface area contributed by atoms with Crippen LogP contribution in [0.15, 0.2) is 200 Å². The molecule has 2 heteroatoms. The van der Waals surface area contributed by atoms with E-state index in [0.717, 1.165) is 17.1 Å². The maximum absolute atomic E-state index is 2.49. The predicted octanol–water partition coefficient (Wildman–Crippen LogP) is 14.0. The second kappa shape index (κ2) is 11.8. The van der Waals surface area contributed by atoms with Crippen molar-refractivity contribution in [2.24, 2.45) is 0 Å². The van der Waals surface area contributed by atoms with Gasteiger partial charge in [-0.25, -0.2) is 0 Å². The summed E-state index contributed by atoms with van der Waals surface area (Å²) in [5.41, 5.74) is 17.5. The summed E-state index contributed by atoms with van der Waals surface area (Å²) in [6.45, 7) is 0. The van der Waals surface area contributed by atoms with Gasteiger partial charge >= 0.3 is 0 Å². The van der Waals surface area contributed by atoms with E-state index in [4.69, 9.17) is 0 Å². The smallest absolute Gasteiger partial charge is 0.0740 e. The van der Waals surface area contributed by atoms with Crippen molar-refractivity contribution < 1.29 is 0 Å². The molecule has 0 aliphatic heterocycles. The van der Waals surface area contributed by atoms with Gasteiger partial charge in [-0.2, -0.15) is 0 Å². The highest BCUT2D eigenvalue weighted by molar-refractivity contribution is 7.22. The van der Waals surface area contributed by atoms with E-state index in [1.54, 1.807) is 0 Å². The lowest BCUT2D eigenvalue weighted by molar-refractivity contribution is 0.803. The van der Waals surface area contributed by atoms with Gasteiger partial charge in [-0.05, 0) is 115 Å². The van der Waals surface area contributed by atoms with Crippen LogP contribution in [0.1, 0.15) is 22.3 Å². The third-order valence-electron chi connectivity index (χ3n) is 11.3. The molecule has 1 aromatic heterocycles. The van der Waals surface area contributed by atoms with Gasteiger partial charge in [0.2, 0.25) is 0 Å². The normalized spacial score (nSPS) is 13.1. The average Bonchev–Trinajstić information content (AvgIpc) is 3.86. The molecule has 0 fully saturated rings. The van der Waals surface area contributed by atoms with Gasteiger partial charge in [-0.15, -0.1) is 11.3 Å². The number of hydrogen-bond acceptors (Lipinski definition) is 2. The van der Waals surface area contributed by atoms with Crippen LogP contribution in [0.25, 0.3) is 53.9 Å². The van der Waals surface area contributed by atoms with Crippen LogP contribution in [0.4, 0.5) is 17.1 Å². The summed E-state index contributed by atoms with van der Waals surface area (Å²) in [5, 5.41) is 1.36. The molecular formula is C51H33NS. The third-order valence-corrected chi connectivity index (χ3v) is 12.5. The predicted molar refractivity (Wildman–Crippen MR) is 224 cm³/mol. The maximum atomic E-state index is 2.49. The van der Waals surface area contributed by atoms with E-state index in [1.165, 1.54) is 76.2 Å². The fraction of sp³-hybridized carbons (Fsp3) is 0.0196. The standard InChI is InChI=1S/C51H33NS/c1-3-13-34(14-4-1)35-23-28-39(29-24-35)52(38-15-5-2-6-16-38)40-30-25-36(26-31-40)37-27-32-43-47(33-37)51(49-44-19-9-12-22-48(44)53-50(43)49)45-20-10-7-17-41(45)42-18-8-11-21-46(42)51/h1-33H. The first-order valence-corrected chi connectivity index (χ1v) is 19.1. The van der Waals surface area contributed by atoms with Gasteiger partial charge in [0.05, 0.1) is 5.41 Å². The molecule has 2 aliphatic rings. The molecule has 0 amide bonds. The zero-order valence-corrected chi connectivity index (χ0v) is 29.7. The van der Waals surface area contributed by atoms with E-state index in [2.05, 4.69) is 205 Å². The molecule has 1 heterocycles. The fourth-order valence-electron chi connectivity index (χ4n) is 9.03. The van der Waals surface area contributed by atoms with E-state index in [1.807, 2.05) is 11.3 Å². The molecular weight excluding hydrogens is 659 g/mol. The molecule has 0 unspecified atom stereocenters. The van der Waals surface area contributed by atoms with E-state index < -0.39 is 0 Å². The number of benzene rings is 8. The average molecular weight is 692 g/mol. The van der Waals surface area contributed by atoms with Crippen LogP contribution in [0.5, 0.6) is 0 Å². The Morgan fingerprint density at radius 2 is 0.849 bits per heavy atom. The van der Waals surface area contributed by atoms with Crippen molar-refractivity contribution in [2.45, 2.75) is 5.41 Å². The van der Waals surface area contributed by atoms with E-state index in [0.29, 0.717) is 0 Å². The topological polar surface area (TPSA) is 3.24 Å². The molecule has 2 aliphatic carbocycles. The fourth-order valence-corrected chi connectivity index (χ4v) is 10.3. The molecule has 1 spiro atoms. The highest BCUT2D eigenvalue weighted by Crippen LogP contribution is 2.66. The molecule has 248 valence electrons. The first-order chi connectivity index (χ1) is 26.3. The van der Waals surface area contributed by atoms with Crippen LogP contribution in [0, 0.1) is 0 Å². The summed E-state index contributed by atoms with van der Waals surface area (Å²) in [6, 6.07) is 73.6. The van der Waals surface area contributed by atoms with E-state index in [-0.39, 0.29) is 5.41 Å². The van der Waals surface area contributed by atoms with Crippen molar-refractivity contribution >= 4 is 38.5 Å². The molecule has 0 N–H and O–H groups in total. The van der Waals surface area contributed by atoms with Crippen LogP contribution >= 0.6 is 11.3 Å². The summed E-state index contributed by atoms with van der Waals surface area (Å²) in [6.07, 6.45) is 0. The second-order valence-corrected chi connectivity index (χ2v) is 15.1. The summed E-state index contributed by atoms with van der Waals surface area (Å²) < 4.78 is 1.35. The van der Waals surface area contributed by atoms with Gasteiger partial charge in [0.15, 0.2) is 0 Å². The first kappa shape index (κ1) is 30.2. The van der Waals surface area contributed by atoms with Gasteiger partial charge < -0.3 is 4.90 Å². The minimum Gasteiger partial charge on any atom is -0.311 e. The molecule has 0 radical (unpaired) electrons. The van der Waals surface area contributed by atoms with Gasteiger partial charge in [-0.1, -0.05) is 152 Å². The highest BCUT2D eigenvalue weighted by Gasteiger charge is 2.53. The summed E-state index contributed by atoms with van der Waals surface area (Å²) in [4.78, 5) is 3.73. The number of fused-ring (bicyclic) bond motifs is 12. The Morgan fingerprint density at radius 3 is 1.51 bits per heavy atom. The van der Waals surface area contributed by atoms with Crippen molar-refractivity contribution in [3.63, 3.8) is 0 Å². The Kier molecular flexibility index (Phi) is 6.71. The zero-order chi connectivity index (χ0) is 34.9. The second-order valence-electron chi connectivity index (χ2n) is 14.0. The van der Waals surface area contributed by atoms with Crippen LogP contribution in [-0.2, 0) is 5.41 Å². The summed E-state index contributed by atoms with van der Waals surface area (Å²) in [7, 11) is 0. The number of thiophene rings is 1. The lowest BCUT2D eigenvalue weighted by atomic mass is 9.70. The van der Waals surface area contributed by atoms with Crippen molar-refractivity contribution in [3.8, 4) is 43.8 Å². The van der Waals surface area contributed by atoms with E-state index >= 15 is 0 Å². The summed E-state index contributed by atoms with van der Waals surface area (Å²) in [5.74, 6) is 0. The minimum atomic E-state index is -0.372. The number of hydrogen-bond donors (Lipinski definition) is 0. The Bertz CT molecular complexity index is 2770. The zero-order valence-electron chi connectivity index (χ0n) is 28.9. The Labute approximate surface area is 313 Å². The van der Waals surface area contributed by atoms with Crippen molar-refractivity contribution in [1.82, 2.24) is 0 Å². The van der Waals surface area contributed by atoms with Crippen LogP contribution in [0.2, 0.25) is 0 Å². The molecule has 8 aromatic carbocycles. The summed E-state index contributed by atoms with van der Waals surface area (Å²) >= 11 is 1.94. The Morgan fingerprint density at radius 1 is 0.358 bits per heavy atom. The molecule has 11 rings (SSSR count). The molecule has 0 bridgehead atoms. The molecule has 53 heavy (non-hydrogen) atoms. The van der Waals surface area contributed by atoms with Gasteiger partial charge in [-0.3, -0.25) is 0 Å². The Balaban J connectivity index is 1.04. The van der Waals surface area contributed by atoms with Gasteiger partial charge in [0.25, 0.3) is 0 Å². The van der Waals surface area contributed by atoms with Gasteiger partial charge in [0.1, 0.15) is 0 Å². The number of anilines is 3. The van der Waals surface area contributed by atoms with Crippen molar-refractivity contribution in [1.29, 1.82) is 0 Å². The lowest BCUT2D eigenvalue weighted by Gasteiger charge is -2.30. The van der Waals surface area contributed by atoms with E-state index in [9.17, 15) is 0 Å². The molecule has 0 saturated heterocycles. The monoisotopic (exact) mass is 691 g/mol. The maximum Gasteiger partial charge on any atom is 0.0740 e. The van der Waals surface area contributed by atoms with Crippen LogP contribution in [0.3, 0.4) is 0 Å². The molecule has 0 saturated carbocycles. The number of para-hydroxylation sites is 1. The number of nitrogens with zero attached hydrogens (tertiary/aromatic N) is 1. The minimum absolute atomic E-state index is 0.372. The molecule has 1 nitrogen and oxygen atoms in total. The quantitative estimate of drug-likeness (QED) is 0.174. The van der Waals surface area contributed by atoms with Gasteiger partial charge in [0, 0.05) is 26.6 Å². The molecule has 9 aromatic rings. The Hall–Kier alpha value is -6.48. The van der Waals surface area contributed by atoms with Crippen LogP contribution < -0.4 is 4.90 Å². The molecule has 0 atom stereocenters. The number of rotatable bonds is 5. The first-order valence-electron chi connectivity index (χ1n) is 18.3. The lowest BCUT2D eigenvalue weighted by Crippen LogP contribution is -2.25. The van der Waals surface area contributed by atoms with Crippen molar-refractivity contribution in [2.75, 3.05) is 4.90 Å². The third kappa shape index (κ3) is 4.43. The van der Waals surface area contributed by atoms with Crippen LogP contribution in [-0.4, -0.2) is 0 Å².